The fraction of sp³-hybridized carbons (Fsp3) is 0.625. The second-order valence-corrected chi connectivity index (χ2v) is 5.78. The minimum Gasteiger partial charge on any atom is -0.455 e. The number of rotatable bonds is 5. The highest BCUT2D eigenvalue weighted by atomic mass is 35.5. The number of carbonyl (C=O) groups is 2. The predicted molar refractivity (Wildman–Crippen MR) is 87.8 cm³/mol. The molecule has 0 fully saturated rings. The normalized spacial score (nSPS) is 14.3. The van der Waals surface area contributed by atoms with Crippen molar-refractivity contribution in [1.82, 2.24) is 5.32 Å². The van der Waals surface area contributed by atoms with Crippen LogP contribution in [-0.4, -0.2) is 23.8 Å². The fourth-order valence-corrected chi connectivity index (χ4v) is 2.93. The van der Waals surface area contributed by atoms with Crippen LogP contribution in [0.3, 0.4) is 0 Å². The summed E-state index contributed by atoms with van der Waals surface area (Å²) in [5.74, 6) is 0.715. The molecule has 1 aliphatic carbocycles. The van der Waals surface area contributed by atoms with Crippen LogP contribution in [0.2, 0.25) is 0 Å². The van der Waals surface area contributed by atoms with Gasteiger partial charge >= 0.3 is 0 Å². The summed E-state index contributed by atoms with van der Waals surface area (Å²) in [6, 6.07) is 0. The smallest absolute Gasteiger partial charge is 0.287 e. The Morgan fingerprint density at radius 2 is 1.95 bits per heavy atom. The van der Waals surface area contributed by atoms with Gasteiger partial charge in [-0.3, -0.25) is 9.59 Å². The monoisotopic (exact) mass is 328 g/mol. The highest BCUT2D eigenvalue weighted by molar-refractivity contribution is 6.03. The Balaban J connectivity index is 0.00000242. The average Bonchev–Trinajstić information content (AvgIpc) is 2.83. The third-order valence-corrected chi connectivity index (χ3v) is 4.64. The first-order chi connectivity index (χ1) is 9.98. The second kappa shape index (κ2) is 7.29. The predicted octanol–water partition coefficient (Wildman–Crippen LogP) is 2.78. The number of carbonyl (C=O) groups excluding carboxylic acids is 2. The molecule has 1 aromatic rings. The molecule has 0 atom stereocenters. The second-order valence-electron chi connectivity index (χ2n) is 5.78. The van der Waals surface area contributed by atoms with Crippen LogP contribution >= 0.6 is 12.4 Å². The Morgan fingerprint density at radius 3 is 2.45 bits per heavy atom. The maximum absolute atomic E-state index is 12.5. The van der Waals surface area contributed by atoms with Gasteiger partial charge in [-0.25, -0.2) is 0 Å². The van der Waals surface area contributed by atoms with E-state index in [2.05, 4.69) is 5.32 Å². The quantitative estimate of drug-likeness (QED) is 0.870. The van der Waals surface area contributed by atoms with Crippen LogP contribution in [-0.2, 0) is 6.42 Å². The van der Waals surface area contributed by atoms with Crippen LogP contribution in [0.25, 0.3) is 0 Å². The van der Waals surface area contributed by atoms with Crippen molar-refractivity contribution in [2.24, 2.45) is 5.73 Å². The minimum absolute atomic E-state index is 0. The van der Waals surface area contributed by atoms with Gasteiger partial charge in [0.2, 0.25) is 0 Å². The lowest BCUT2D eigenvalue weighted by molar-refractivity contribution is 0.0862. The number of furan rings is 1. The summed E-state index contributed by atoms with van der Waals surface area (Å²) in [6.07, 6.45) is 3.55. The van der Waals surface area contributed by atoms with E-state index in [1.54, 1.807) is 6.92 Å². The molecule has 5 nitrogen and oxygen atoms in total. The minimum atomic E-state index is -0.416. The summed E-state index contributed by atoms with van der Waals surface area (Å²) in [5.41, 5.74) is 6.66. The van der Waals surface area contributed by atoms with Crippen LogP contribution in [0.5, 0.6) is 0 Å². The largest absolute Gasteiger partial charge is 0.455 e. The fourth-order valence-electron chi connectivity index (χ4n) is 2.93. The van der Waals surface area contributed by atoms with E-state index in [1.165, 1.54) is 0 Å². The SMILES string of the molecule is CCC(CC)(CN)NC(=O)c1oc2c(c1C)C(=O)CCC2.Cl. The molecule has 0 aliphatic heterocycles. The number of Topliss-reactive ketones (excluding diaryl/α,β-unsaturated/α-hetero) is 1. The van der Waals surface area contributed by atoms with Crippen LogP contribution < -0.4 is 11.1 Å². The molecule has 2 rings (SSSR count). The zero-order valence-corrected chi connectivity index (χ0v) is 14.3. The van der Waals surface area contributed by atoms with Crippen LogP contribution in [0.4, 0.5) is 0 Å². The molecule has 1 heterocycles. The number of nitrogens with one attached hydrogen (secondary N) is 1. The third-order valence-electron chi connectivity index (χ3n) is 4.64. The first-order valence-corrected chi connectivity index (χ1v) is 7.66. The maximum atomic E-state index is 12.5. The summed E-state index contributed by atoms with van der Waals surface area (Å²) < 4.78 is 5.67. The molecule has 0 spiro atoms. The number of aryl methyl sites for hydroxylation is 1. The van der Waals surface area contributed by atoms with E-state index in [9.17, 15) is 9.59 Å². The molecule has 3 N–H and O–H groups in total. The summed E-state index contributed by atoms with van der Waals surface area (Å²) >= 11 is 0. The van der Waals surface area contributed by atoms with Crippen molar-refractivity contribution in [2.75, 3.05) is 6.54 Å². The molecule has 22 heavy (non-hydrogen) atoms. The Labute approximate surface area is 137 Å². The lowest BCUT2D eigenvalue weighted by atomic mass is 9.92. The summed E-state index contributed by atoms with van der Waals surface area (Å²) in [6.45, 7) is 6.16. The average molecular weight is 329 g/mol. The van der Waals surface area contributed by atoms with Crippen LogP contribution in [0.15, 0.2) is 4.42 Å². The van der Waals surface area contributed by atoms with Crippen LogP contribution in [0, 0.1) is 6.92 Å². The molecule has 0 radical (unpaired) electrons. The molecule has 1 aliphatic rings. The van der Waals surface area contributed by atoms with Crippen molar-refractivity contribution in [3.63, 3.8) is 0 Å². The van der Waals surface area contributed by atoms with Crippen molar-refractivity contribution in [3.8, 4) is 0 Å². The first-order valence-electron chi connectivity index (χ1n) is 7.66. The van der Waals surface area contributed by atoms with E-state index in [-0.39, 0.29) is 29.9 Å². The van der Waals surface area contributed by atoms with Gasteiger partial charge in [-0.15, -0.1) is 12.4 Å². The lowest BCUT2D eigenvalue weighted by Crippen LogP contribution is -2.52. The van der Waals surface area contributed by atoms with Crippen molar-refractivity contribution < 1.29 is 14.0 Å². The number of hydrogen-bond donors (Lipinski definition) is 2. The molecule has 0 saturated heterocycles. The van der Waals surface area contributed by atoms with E-state index < -0.39 is 5.54 Å². The van der Waals surface area contributed by atoms with E-state index >= 15 is 0 Å². The zero-order valence-electron chi connectivity index (χ0n) is 13.5. The summed E-state index contributed by atoms with van der Waals surface area (Å²) in [7, 11) is 0. The van der Waals surface area contributed by atoms with Crippen molar-refractivity contribution in [1.29, 1.82) is 0 Å². The standard InChI is InChI=1S/C16H24N2O3.ClH/c1-4-16(5-2,9-17)18-15(20)14-10(3)13-11(19)7-6-8-12(13)21-14;/h4-9,17H2,1-3H3,(H,18,20);1H. The van der Waals surface area contributed by atoms with Gasteiger partial charge in [-0.1, -0.05) is 13.8 Å². The molecule has 0 aromatic carbocycles. The number of nitrogens with two attached hydrogens (primary N) is 1. The van der Waals surface area contributed by atoms with Gasteiger partial charge in [0.1, 0.15) is 5.76 Å². The highest BCUT2D eigenvalue weighted by Crippen LogP contribution is 2.29. The Bertz CT molecular complexity index is 554. The van der Waals surface area contributed by atoms with Crippen molar-refractivity contribution in [2.45, 2.75) is 58.4 Å². The van der Waals surface area contributed by atoms with Gasteiger partial charge < -0.3 is 15.5 Å². The van der Waals surface area contributed by atoms with Gasteiger partial charge in [-0.2, -0.15) is 0 Å². The molecule has 6 heteroatoms. The molecule has 0 bridgehead atoms. The number of amides is 1. The molecular weight excluding hydrogens is 304 g/mol. The van der Waals surface area contributed by atoms with E-state index in [0.717, 1.165) is 25.7 Å². The topological polar surface area (TPSA) is 85.3 Å². The van der Waals surface area contributed by atoms with E-state index in [0.29, 0.717) is 29.9 Å². The summed E-state index contributed by atoms with van der Waals surface area (Å²) in [5, 5.41) is 2.99. The van der Waals surface area contributed by atoms with Gasteiger partial charge in [-0.05, 0) is 26.2 Å². The van der Waals surface area contributed by atoms with Gasteiger partial charge in [0.25, 0.3) is 5.91 Å². The molecule has 1 amide bonds. The van der Waals surface area contributed by atoms with Crippen LogP contribution in [0.1, 0.15) is 71.8 Å². The van der Waals surface area contributed by atoms with E-state index in [4.69, 9.17) is 10.2 Å². The van der Waals surface area contributed by atoms with E-state index in [1.807, 2.05) is 13.8 Å². The molecule has 124 valence electrons. The number of halogens is 1. The Hall–Kier alpha value is -1.33. The molecular formula is C16H25ClN2O3. The first kappa shape index (κ1) is 18.7. The Morgan fingerprint density at radius 1 is 1.32 bits per heavy atom. The van der Waals surface area contributed by atoms with Crippen molar-refractivity contribution in [3.05, 3.63) is 22.6 Å². The number of hydrogen-bond acceptors (Lipinski definition) is 4. The van der Waals surface area contributed by atoms with Crippen molar-refractivity contribution >= 4 is 24.1 Å². The number of ketones is 1. The number of fused-ring (bicyclic) bond motifs is 1. The summed E-state index contributed by atoms with van der Waals surface area (Å²) in [4.78, 5) is 24.5. The van der Waals surface area contributed by atoms with Gasteiger partial charge in [0.05, 0.1) is 11.1 Å². The lowest BCUT2D eigenvalue weighted by Gasteiger charge is -2.31. The molecule has 0 saturated carbocycles. The molecule has 1 aromatic heterocycles. The maximum Gasteiger partial charge on any atom is 0.287 e. The highest BCUT2D eigenvalue weighted by Gasteiger charge is 2.32. The zero-order chi connectivity index (χ0) is 15.6. The Kier molecular flexibility index (Phi) is 6.20. The van der Waals surface area contributed by atoms with Gasteiger partial charge in [0, 0.05) is 24.9 Å². The molecule has 0 unspecified atom stereocenters. The third kappa shape index (κ3) is 3.20. The van der Waals surface area contributed by atoms with Gasteiger partial charge in [0.15, 0.2) is 11.5 Å².